The van der Waals surface area contributed by atoms with Gasteiger partial charge in [0.2, 0.25) is 0 Å². The van der Waals surface area contributed by atoms with Gasteiger partial charge in [0.25, 0.3) is 0 Å². The summed E-state index contributed by atoms with van der Waals surface area (Å²) >= 11 is 6.06. The first kappa shape index (κ1) is 22.4. The molecule has 2 aromatic carbocycles. The number of likely N-dealkylation sites (N-methyl/N-ethyl adjacent to an activating group) is 1. The summed E-state index contributed by atoms with van der Waals surface area (Å²) in [6.07, 6.45) is -4.18. The van der Waals surface area contributed by atoms with Crippen LogP contribution in [0.1, 0.15) is 30.4 Å². The van der Waals surface area contributed by atoms with E-state index in [0.717, 1.165) is 30.3 Å². The Morgan fingerprint density at radius 2 is 1.88 bits per heavy atom. The zero-order valence-electron chi connectivity index (χ0n) is 17.0. The zero-order chi connectivity index (χ0) is 23.6. The molecule has 0 bridgehead atoms. The number of hydrogen-bond donors (Lipinski definition) is 3. The van der Waals surface area contributed by atoms with Gasteiger partial charge in [-0.2, -0.15) is 13.2 Å². The Kier molecular flexibility index (Phi) is 5.19. The molecule has 4 rings (SSSR count). The summed E-state index contributed by atoms with van der Waals surface area (Å²) in [6, 6.07) is 4.63. The number of aromatic hydroxyl groups is 2. The standard InChI is InChI=1S/C22H19ClF3NO5/c1-21(31)12(5-6-27(21)2)18-14(28)8-15(29)19-16(30)9-17(32-20(18)19)11-4-3-10(7-13(11)23)22(24,25)26/h3-4,7-9,12,28-29,31H,5-6H2,1-2H3/t12-,21-/m0/s1. The predicted octanol–water partition coefficient (Wildman–Crippen LogP) is 4.67. The smallest absolute Gasteiger partial charge is 0.416 e. The van der Waals surface area contributed by atoms with Gasteiger partial charge in [0.05, 0.1) is 10.6 Å². The maximum Gasteiger partial charge on any atom is 0.416 e. The maximum absolute atomic E-state index is 13.0. The summed E-state index contributed by atoms with van der Waals surface area (Å²) in [5.41, 5.74) is -3.04. The monoisotopic (exact) mass is 469 g/mol. The van der Waals surface area contributed by atoms with Gasteiger partial charge in [-0.05, 0) is 38.6 Å². The van der Waals surface area contributed by atoms with Crippen molar-refractivity contribution in [2.45, 2.75) is 31.2 Å². The van der Waals surface area contributed by atoms with E-state index in [4.69, 9.17) is 16.0 Å². The molecule has 2 heterocycles. The molecule has 32 heavy (non-hydrogen) atoms. The topological polar surface area (TPSA) is 94.1 Å². The van der Waals surface area contributed by atoms with Gasteiger partial charge in [-0.3, -0.25) is 9.69 Å². The Balaban J connectivity index is 1.99. The fraction of sp³-hybridized carbons (Fsp3) is 0.318. The van der Waals surface area contributed by atoms with Crippen LogP contribution in [0, 0.1) is 0 Å². The number of rotatable bonds is 2. The van der Waals surface area contributed by atoms with Crippen molar-refractivity contribution >= 4 is 22.6 Å². The van der Waals surface area contributed by atoms with E-state index >= 15 is 0 Å². The second kappa shape index (κ2) is 7.40. The minimum absolute atomic E-state index is 0.0303. The van der Waals surface area contributed by atoms with Crippen LogP contribution in [0.2, 0.25) is 5.02 Å². The number of benzene rings is 2. The molecule has 1 aromatic heterocycles. The second-order valence-corrected chi connectivity index (χ2v) is 8.46. The number of nitrogens with zero attached hydrogens (tertiary/aromatic N) is 1. The average Bonchev–Trinajstić information content (AvgIpc) is 2.93. The van der Waals surface area contributed by atoms with E-state index in [9.17, 15) is 33.3 Å². The number of phenolic OH excluding ortho intramolecular Hbond substituents is 2. The number of halogens is 4. The first-order valence-corrected chi connectivity index (χ1v) is 10.0. The first-order valence-electron chi connectivity index (χ1n) is 9.65. The van der Waals surface area contributed by atoms with E-state index < -0.39 is 34.6 Å². The normalized spacial score (nSPS) is 22.0. The fourth-order valence-corrected chi connectivity index (χ4v) is 4.46. The summed E-state index contributed by atoms with van der Waals surface area (Å²) < 4.78 is 44.8. The van der Waals surface area contributed by atoms with Crippen molar-refractivity contribution < 1.29 is 32.9 Å². The number of likely N-dealkylation sites (tertiary alicyclic amines) is 1. The molecule has 0 aliphatic carbocycles. The van der Waals surface area contributed by atoms with Gasteiger partial charge in [0, 0.05) is 35.7 Å². The lowest BCUT2D eigenvalue weighted by Crippen LogP contribution is -2.41. The molecular weight excluding hydrogens is 451 g/mol. The predicted molar refractivity (Wildman–Crippen MR) is 112 cm³/mol. The zero-order valence-corrected chi connectivity index (χ0v) is 17.8. The molecule has 0 amide bonds. The molecule has 10 heteroatoms. The van der Waals surface area contributed by atoms with Gasteiger partial charge in [-0.1, -0.05) is 11.6 Å². The number of alkyl halides is 3. The molecule has 0 saturated carbocycles. The lowest BCUT2D eigenvalue weighted by molar-refractivity contribution is -0.137. The van der Waals surface area contributed by atoms with Crippen LogP contribution in [-0.2, 0) is 6.18 Å². The average molecular weight is 470 g/mol. The van der Waals surface area contributed by atoms with E-state index in [0.29, 0.717) is 13.0 Å². The lowest BCUT2D eigenvalue weighted by Gasteiger charge is -2.32. The van der Waals surface area contributed by atoms with Crippen molar-refractivity contribution in [1.29, 1.82) is 0 Å². The van der Waals surface area contributed by atoms with Crippen LogP contribution >= 0.6 is 11.6 Å². The largest absolute Gasteiger partial charge is 0.507 e. The van der Waals surface area contributed by atoms with Crippen molar-refractivity contribution in [2.24, 2.45) is 0 Å². The molecule has 1 fully saturated rings. The molecule has 1 aliphatic heterocycles. The van der Waals surface area contributed by atoms with Crippen LogP contribution in [-0.4, -0.2) is 39.5 Å². The number of hydrogen-bond acceptors (Lipinski definition) is 6. The lowest BCUT2D eigenvalue weighted by atomic mass is 9.87. The molecule has 1 aliphatic rings. The van der Waals surface area contributed by atoms with E-state index in [1.165, 1.54) is 0 Å². The maximum atomic E-state index is 13.0. The fourth-order valence-electron chi connectivity index (χ4n) is 4.19. The molecule has 1 saturated heterocycles. The van der Waals surface area contributed by atoms with Crippen molar-refractivity contribution in [1.82, 2.24) is 4.90 Å². The molecule has 170 valence electrons. The van der Waals surface area contributed by atoms with Crippen LogP contribution in [0.5, 0.6) is 11.5 Å². The number of fused-ring (bicyclic) bond motifs is 1. The third-order valence-electron chi connectivity index (χ3n) is 6.09. The van der Waals surface area contributed by atoms with E-state index in [1.54, 1.807) is 18.9 Å². The van der Waals surface area contributed by atoms with E-state index in [2.05, 4.69) is 0 Å². The molecule has 6 nitrogen and oxygen atoms in total. The minimum atomic E-state index is -4.60. The van der Waals surface area contributed by atoms with Crippen LogP contribution in [0.25, 0.3) is 22.3 Å². The highest BCUT2D eigenvalue weighted by Crippen LogP contribution is 2.47. The van der Waals surface area contributed by atoms with Crippen molar-refractivity contribution in [3.05, 3.63) is 56.7 Å². The summed E-state index contributed by atoms with van der Waals surface area (Å²) in [4.78, 5) is 14.5. The van der Waals surface area contributed by atoms with Crippen molar-refractivity contribution in [2.75, 3.05) is 13.6 Å². The number of phenols is 2. The third kappa shape index (κ3) is 3.50. The van der Waals surface area contributed by atoms with Crippen LogP contribution < -0.4 is 5.43 Å². The summed E-state index contributed by atoms with van der Waals surface area (Å²) in [5.74, 6) is -1.71. The highest BCUT2D eigenvalue weighted by molar-refractivity contribution is 6.33. The molecule has 3 N–H and O–H groups in total. The third-order valence-corrected chi connectivity index (χ3v) is 6.41. The highest BCUT2D eigenvalue weighted by Gasteiger charge is 2.45. The van der Waals surface area contributed by atoms with Crippen LogP contribution in [0.4, 0.5) is 13.2 Å². The Bertz CT molecular complexity index is 1290. The van der Waals surface area contributed by atoms with E-state index in [-0.39, 0.29) is 38.6 Å². The SMILES string of the molecule is CN1CC[C@@H](c2c(O)cc(O)c3c(=O)cc(-c4ccc(C(F)(F)F)cc4Cl)oc23)[C@]1(C)O. The quantitative estimate of drug-likeness (QED) is 0.505. The van der Waals surface area contributed by atoms with Crippen LogP contribution in [0.3, 0.4) is 0 Å². The van der Waals surface area contributed by atoms with Crippen molar-refractivity contribution in [3.63, 3.8) is 0 Å². The second-order valence-electron chi connectivity index (χ2n) is 8.06. The first-order chi connectivity index (χ1) is 14.8. The van der Waals surface area contributed by atoms with Gasteiger partial charge in [0.1, 0.15) is 34.0 Å². The summed E-state index contributed by atoms with van der Waals surface area (Å²) in [7, 11) is 1.70. The Labute approximate surface area is 185 Å². The number of aliphatic hydroxyl groups is 1. The van der Waals surface area contributed by atoms with Gasteiger partial charge < -0.3 is 19.7 Å². The molecule has 0 spiro atoms. The van der Waals surface area contributed by atoms with Gasteiger partial charge in [0.15, 0.2) is 5.43 Å². The summed E-state index contributed by atoms with van der Waals surface area (Å²) in [6.45, 7) is 2.05. The van der Waals surface area contributed by atoms with Crippen molar-refractivity contribution in [3.8, 4) is 22.8 Å². The molecule has 0 unspecified atom stereocenters. The van der Waals surface area contributed by atoms with Gasteiger partial charge >= 0.3 is 6.18 Å². The molecule has 0 radical (unpaired) electrons. The Morgan fingerprint density at radius 3 is 2.44 bits per heavy atom. The molecular formula is C22H19ClF3NO5. The minimum Gasteiger partial charge on any atom is -0.507 e. The van der Waals surface area contributed by atoms with Gasteiger partial charge in [-0.25, -0.2) is 0 Å². The van der Waals surface area contributed by atoms with E-state index in [1.807, 2.05) is 0 Å². The van der Waals surface area contributed by atoms with Gasteiger partial charge in [-0.15, -0.1) is 0 Å². The highest BCUT2D eigenvalue weighted by atomic mass is 35.5. The summed E-state index contributed by atoms with van der Waals surface area (Å²) in [5, 5.41) is 31.3. The Morgan fingerprint density at radius 1 is 1.19 bits per heavy atom. The Hall–Kier alpha value is -2.75. The molecule has 2 atom stereocenters. The van der Waals surface area contributed by atoms with Crippen LogP contribution in [0.15, 0.2) is 39.5 Å². The molecule has 3 aromatic rings.